The molecule has 2 aromatic heterocycles. The number of rotatable bonds is 2. The molecule has 0 atom stereocenters. The molecule has 0 amide bonds. The molecule has 3 heterocycles. The number of aromatic nitrogens is 3. The van der Waals surface area contributed by atoms with Crippen molar-refractivity contribution >= 4 is 17.4 Å². The Bertz CT molecular complexity index is 826. The number of halogens is 1. The van der Waals surface area contributed by atoms with Gasteiger partial charge < -0.3 is 5.32 Å². The molecule has 0 fully saturated rings. The van der Waals surface area contributed by atoms with E-state index in [1.807, 2.05) is 53.3 Å². The third-order valence-electron chi connectivity index (χ3n) is 4.09. The summed E-state index contributed by atoms with van der Waals surface area (Å²) in [5.74, 6) is 1.06. The zero-order valence-electron chi connectivity index (χ0n) is 12.7. The van der Waals surface area contributed by atoms with Gasteiger partial charge in [0, 0.05) is 23.3 Å². The Morgan fingerprint density at radius 1 is 1.09 bits per heavy atom. The number of pyridine rings is 1. The van der Waals surface area contributed by atoms with Crippen molar-refractivity contribution in [3.8, 4) is 17.1 Å². The van der Waals surface area contributed by atoms with E-state index in [9.17, 15) is 0 Å². The summed E-state index contributed by atoms with van der Waals surface area (Å²) in [6.45, 7) is 0.959. The van der Waals surface area contributed by atoms with Gasteiger partial charge in [-0.15, -0.1) is 0 Å². The zero-order chi connectivity index (χ0) is 15.6. The number of nitrogens with one attached hydrogen (secondary N) is 1. The van der Waals surface area contributed by atoms with Crippen LogP contribution in [0.3, 0.4) is 0 Å². The van der Waals surface area contributed by atoms with E-state index < -0.39 is 0 Å². The van der Waals surface area contributed by atoms with E-state index in [1.54, 1.807) is 0 Å². The highest BCUT2D eigenvalue weighted by molar-refractivity contribution is 6.30. The molecule has 1 aliphatic rings. The number of nitrogens with zero attached hydrogens (tertiary/aromatic N) is 3. The maximum atomic E-state index is 6.16. The first-order valence-electron chi connectivity index (χ1n) is 7.86. The van der Waals surface area contributed by atoms with Crippen LogP contribution in [0.1, 0.15) is 18.4 Å². The molecule has 0 unspecified atom stereocenters. The lowest BCUT2D eigenvalue weighted by Crippen LogP contribution is -2.07. The summed E-state index contributed by atoms with van der Waals surface area (Å²) in [5, 5.41) is 9.09. The minimum absolute atomic E-state index is 0.708. The van der Waals surface area contributed by atoms with Gasteiger partial charge in [-0.1, -0.05) is 23.7 Å². The fourth-order valence-corrected chi connectivity index (χ4v) is 3.19. The van der Waals surface area contributed by atoms with Crippen molar-refractivity contribution < 1.29 is 0 Å². The number of benzene rings is 1. The first kappa shape index (κ1) is 14.3. The first-order chi connectivity index (χ1) is 11.3. The smallest absolute Gasteiger partial charge is 0.133 e. The van der Waals surface area contributed by atoms with Crippen LogP contribution in [0.5, 0.6) is 0 Å². The van der Waals surface area contributed by atoms with E-state index in [-0.39, 0.29) is 0 Å². The monoisotopic (exact) mass is 324 g/mol. The van der Waals surface area contributed by atoms with Crippen LogP contribution < -0.4 is 5.32 Å². The second kappa shape index (κ2) is 6.05. The molecule has 0 radical (unpaired) electrons. The molecule has 0 spiro atoms. The Balaban J connectivity index is 1.92. The molecule has 1 N–H and O–H groups in total. The lowest BCUT2D eigenvalue weighted by atomic mass is 10.1. The van der Waals surface area contributed by atoms with E-state index >= 15 is 0 Å². The van der Waals surface area contributed by atoms with Crippen molar-refractivity contribution in [1.29, 1.82) is 0 Å². The van der Waals surface area contributed by atoms with Crippen LogP contribution in [0.25, 0.3) is 17.1 Å². The van der Waals surface area contributed by atoms with Crippen molar-refractivity contribution in [2.24, 2.45) is 0 Å². The first-order valence-corrected chi connectivity index (χ1v) is 8.24. The number of anilines is 1. The number of hydrogen-bond acceptors (Lipinski definition) is 3. The molecule has 116 valence electrons. The average Bonchev–Trinajstić information content (AvgIpc) is 2.77. The van der Waals surface area contributed by atoms with Crippen molar-refractivity contribution in [3.05, 3.63) is 59.2 Å². The fraction of sp³-hybridized carbons (Fsp3) is 0.222. The average molecular weight is 325 g/mol. The standard InChI is InChI=1S/C18H17ClN4/c19-13-6-5-7-14(12-13)23-18-15(8-1-3-11-21-18)17(22-23)16-9-2-4-10-20-16/h2,4-7,9-10,12,21H,1,3,8,11H2. The van der Waals surface area contributed by atoms with E-state index in [0.29, 0.717) is 5.02 Å². The van der Waals surface area contributed by atoms with E-state index in [2.05, 4.69) is 10.3 Å². The van der Waals surface area contributed by atoms with Gasteiger partial charge >= 0.3 is 0 Å². The molecular formula is C18H17ClN4. The van der Waals surface area contributed by atoms with Gasteiger partial charge in [0.1, 0.15) is 11.5 Å². The molecule has 5 heteroatoms. The summed E-state index contributed by atoms with van der Waals surface area (Å²) in [7, 11) is 0. The van der Waals surface area contributed by atoms with Crippen molar-refractivity contribution in [2.75, 3.05) is 11.9 Å². The van der Waals surface area contributed by atoms with Crippen LogP contribution >= 0.6 is 11.6 Å². The van der Waals surface area contributed by atoms with E-state index in [4.69, 9.17) is 16.7 Å². The summed E-state index contributed by atoms with van der Waals surface area (Å²) in [6, 6.07) is 13.7. The van der Waals surface area contributed by atoms with Crippen molar-refractivity contribution in [2.45, 2.75) is 19.3 Å². The summed E-state index contributed by atoms with van der Waals surface area (Å²) < 4.78 is 1.95. The Morgan fingerprint density at radius 2 is 2.04 bits per heavy atom. The lowest BCUT2D eigenvalue weighted by Gasteiger charge is -2.09. The highest BCUT2D eigenvalue weighted by atomic mass is 35.5. The minimum Gasteiger partial charge on any atom is -0.370 e. The fourth-order valence-electron chi connectivity index (χ4n) is 3.01. The maximum absolute atomic E-state index is 6.16. The minimum atomic E-state index is 0.708. The topological polar surface area (TPSA) is 42.7 Å². The predicted molar refractivity (Wildman–Crippen MR) is 93.2 cm³/mol. The van der Waals surface area contributed by atoms with Crippen molar-refractivity contribution in [3.63, 3.8) is 0 Å². The molecule has 0 saturated carbocycles. The second-order valence-electron chi connectivity index (χ2n) is 5.67. The third-order valence-corrected chi connectivity index (χ3v) is 4.32. The molecule has 23 heavy (non-hydrogen) atoms. The van der Waals surface area contributed by atoms with Crippen LogP contribution in [0.2, 0.25) is 5.02 Å². The molecule has 3 aromatic rings. The molecule has 0 bridgehead atoms. The number of fused-ring (bicyclic) bond motifs is 1. The SMILES string of the molecule is Clc1cccc(-n2nc(-c3ccccn3)c3c2NCCCC3)c1. The Hall–Kier alpha value is -2.33. The van der Waals surface area contributed by atoms with Crippen LogP contribution in [0.4, 0.5) is 5.82 Å². The van der Waals surface area contributed by atoms with Crippen LogP contribution in [0, 0.1) is 0 Å². The Labute approximate surface area is 140 Å². The Kier molecular flexibility index (Phi) is 3.75. The highest BCUT2D eigenvalue weighted by Gasteiger charge is 2.22. The predicted octanol–water partition coefficient (Wildman–Crippen LogP) is 4.34. The lowest BCUT2D eigenvalue weighted by molar-refractivity contribution is 0.779. The van der Waals surface area contributed by atoms with Crippen LogP contribution in [0.15, 0.2) is 48.7 Å². The normalized spacial score (nSPS) is 14.0. The summed E-state index contributed by atoms with van der Waals surface area (Å²) in [4.78, 5) is 4.48. The van der Waals surface area contributed by atoms with E-state index in [0.717, 1.165) is 48.7 Å². The molecule has 0 aliphatic carbocycles. The quantitative estimate of drug-likeness (QED) is 0.762. The van der Waals surface area contributed by atoms with Gasteiger partial charge in [-0.2, -0.15) is 5.10 Å². The molecular weight excluding hydrogens is 308 g/mol. The van der Waals surface area contributed by atoms with Crippen LogP contribution in [-0.2, 0) is 6.42 Å². The van der Waals surface area contributed by atoms with Gasteiger partial charge in [0.25, 0.3) is 0 Å². The van der Waals surface area contributed by atoms with Gasteiger partial charge in [0.05, 0.1) is 11.4 Å². The molecule has 4 rings (SSSR count). The summed E-state index contributed by atoms with van der Waals surface area (Å²) in [5.41, 5.74) is 4.06. The van der Waals surface area contributed by atoms with Gasteiger partial charge in [-0.05, 0) is 49.6 Å². The van der Waals surface area contributed by atoms with Gasteiger partial charge in [-0.25, -0.2) is 4.68 Å². The Morgan fingerprint density at radius 3 is 2.87 bits per heavy atom. The zero-order valence-corrected chi connectivity index (χ0v) is 13.4. The molecule has 1 aromatic carbocycles. The largest absolute Gasteiger partial charge is 0.370 e. The van der Waals surface area contributed by atoms with Crippen molar-refractivity contribution in [1.82, 2.24) is 14.8 Å². The van der Waals surface area contributed by atoms with Gasteiger partial charge in [0.2, 0.25) is 0 Å². The molecule has 1 aliphatic heterocycles. The second-order valence-corrected chi connectivity index (χ2v) is 6.10. The van der Waals surface area contributed by atoms with E-state index in [1.165, 1.54) is 5.56 Å². The van der Waals surface area contributed by atoms with Gasteiger partial charge in [0.15, 0.2) is 0 Å². The third kappa shape index (κ3) is 2.70. The van der Waals surface area contributed by atoms with Crippen LogP contribution in [-0.4, -0.2) is 21.3 Å². The number of hydrogen-bond donors (Lipinski definition) is 1. The summed E-state index contributed by atoms with van der Waals surface area (Å²) in [6.07, 6.45) is 5.13. The molecule has 4 nitrogen and oxygen atoms in total. The molecule has 0 saturated heterocycles. The maximum Gasteiger partial charge on any atom is 0.133 e. The highest BCUT2D eigenvalue weighted by Crippen LogP contribution is 2.33. The van der Waals surface area contributed by atoms with Gasteiger partial charge in [-0.3, -0.25) is 4.98 Å². The summed E-state index contributed by atoms with van der Waals surface area (Å²) >= 11 is 6.16.